The fourth-order valence-electron chi connectivity index (χ4n) is 4.14. The first-order chi connectivity index (χ1) is 15.2. The van der Waals surface area contributed by atoms with Crippen molar-refractivity contribution < 1.29 is 18.0 Å². The lowest BCUT2D eigenvalue weighted by molar-refractivity contribution is -0.137. The maximum Gasteiger partial charge on any atom is 0.417 e. The second-order valence-corrected chi connectivity index (χ2v) is 8.30. The van der Waals surface area contributed by atoms with Crippen molar-refractivity contribution in [3.05, 3.63) is 83.0 Å². The maximum absolute atomic E-state index is 12.9. The zero-order valence-electron chi connectivity index (χ0n) is 18.0. The number of hydrogen-bond donors (Lipinski definition) is 1. The average molecular weight is 442 g/mol. The molecule has 3 heterocycles. The molecule has 0 unspecified atom stereocenters. The number of nitrogens with one attached hydrogen (secondary N) is 1. The predicted octanol–water partition coefficient (Wildman–Crippen LogP) is 4.79. The third-order valence-corrected chi connectivity index (χ3v) is 5.95. The SMILES string of the molecule is Cc1ccc(C(=O)Nc2cncc(C(F)(F)F)c2)cc1[C@@H]1CCN(C2=CCN(C)C=C2)C1. The number of likely N-dealkylation sites (tertiary alicyclic amines) is 1. The van der Waals surface area contributed by atoms with Gasteiger partial charge in [-0.25, -0.2) is 0 Å². The van der Waals surface area contributed by atoms with Gasteiger partial charge in [-0.2, -0.15) is 13.2 Å². The number of hydrogen-bond acceptors (Lipinski definition) is 4. The number of pyridine rings is 1. The van der Waals surface area contributed by atoms with Gasteiger partial charge in [-0.05, 0) is 54.8 Å². The molecule has 8 heteroatoms. The Kier molecular flexibility index (Phi) is 5.95. The number of allylic oxidation sites excluding steroid dienone is 1. The van der Waals surface area contributed by atoms with Gasteiger partial charge < -0.3 is 15.1 Å². The number of rotatable bonds is 4. The fraction of sp³-hybridized carbons (Fsp3) is 0.333. The van der Waals surface area contributed by atoms with Crippen LogP contribution in [0.5, 0.6) is 0 Å². The highest BCUT2D eigenvalue weighted by Gasteiger charge is 2.31. The van der Waals surface area contributed by atoms with Gasteiger partial charge in [0.2, 0.25) is 0 Å². The summed E-state index contributed by atoms with van der Waals surface area (Å²) in [7, 11) is 2.03. The van der Waals surface area contributed by atoms with Crippen LogP contribution in [-0.2, 0) is 6.18 Å². The molecule has 1 saturated heterocycles. The number of benzene rings is 1. The average Bonchev–Trinajstić information content (AvgIpc) is 3.24. The molecule has 0 bridgehead atoms. The number of alkyl halides is 3. The van der Waals surface area contributed by atoms with Gasteiger partial charge in [0.1, 0.15) is 0 Å². The van der Waals surface area contributed by atoms with Crippen LogP contribution in [0.25, 0.3) is 0 Å². The number of halogens is 3. The van der Waals surface area contributed by atoms with E-state index in [4.69, 9.17) is 0 Å². The first-order valence-electron chi connectivity index (χ1n) is 10.5. The highest BCUT2D eigenvalue weighted by atomic mass is 19.4. The van der Waals surface area contributed by atoms with Gasteiger partial charge in [-0.1, -0.05) is 6.07 Å². The molecule has 4 rings (SSSR count). The van der Waals surface area contributed by atoms with Crippen LogP contribution in [0.4, 0.5) is 18.9 Å². The number of likely N-dealkylation sites (N-methyl/N-ethyl adjacent to an activating group) is 1. The van der Waals surface area contributed by atoms with Gasteiger partial charge in [-0.15, -0.1) is 0 Å². The van der Waals surface area contributed by atoms with Crippen LogP contribution < -0.4 is 5.32 Å². The van der Waals surface area contributed by atoms with Gasteiger partial charge in [0, 0.05) is 56.3 Å². The zero-order valence-corrected chi connectivity index (χ0v) is 18.0. The minimum atomic E-state index is -4.52. The third kappa shape index (κ3) is 4.79. The van der Waals surface area contributed by atoms with Crippen LogP contribution in [0, 0.1) is 6.92 Å². The first kappa shape index (κ1) is 21.9. The van der Waals surface area contributed by atoms with Gasteiger partial charge in [0.05, 0.1) is 17.4 Å². The number of aromatic nitrogens is 1. The highest BCUT2D eigenvalue weighted by Crippen LogP contribution is 2.33. The number of amides is 1. The van der Waals surface area contributed by atoms with Crippen molar-refractivity contribution in [1.82, 2.24) is 14.8 Å². The molecule has 1 atom stereocenters. The van der Waals surface area contributed by atoms with Crippen LogP contribution in [0.1, 0.15) is 39.4 Å². The van der Waals surface area contributed by atoms with E-state index in [0.29, 0.717) is 5.56 Å². The summed E-state index contributed by atoms with van der Waals surface area (Å²) in [5.74, 6) is -0.171. The van der Waals surface area contributed by atoms with E-state index < -0.39 is 17.6 Å². The molecule has 2 aromatic rings. The van der Waals surface area contributed by atoms with Crippen LogP contribution in [0.2, 0.25) is 0 Å². The number of carbonyl (C=O) groups excluding carboxylic acids is 1. The van der Waals surface area contributed by atoms with Crippen LogP contribution in [0.15, 0.2) is 60.7 Å². The Labute approximate surface area is 185 Å². The van der Waals surface area contributed by atoms with Gasteiger partial charge in [-0.3, -0.25) is 9.78 Å². The Morgan fingerprint density at radius 3 is 2.75 bits per heavy atom. The molecule has 168 valence electrons. The molecule has 0 saturated carbocycles. The summed E-state index contributed by atoms with van der Waals surface area (Å²) < 4.78 is 38.7. The zero-order chi connectivity index (χ0) is 22.9. The summed E-state index contributed by atoms with van der Waals surface area (Å²) in [6.45, 7) is 4.71. The van der Waals surface area contributed by atoms with Gasteiger partial charge >= 0.3 is 6.18 Å². The first-order valence-corrected chi connectivity index (χ1v) is 10.5. The van der Waals surface area contributed by atoms with Gasteiger partial charge in [0.25, 0.3) is 5.91 Å². The summed E-state index contributed by atoms with van der Waals surface area (Å²) in [4.78, 5) is 20.8. The Bertz CT molecular complexity index is 1080. The van der Waals surface area contributed by atoms with Crippen molar-refractivity contribution in [2.24, 2.45) is 0 Å². The summed E-state index contributed by atoms with van der Waals surface area (Å²) in [6, 6.07) is 6.34. The van der Waals surface area contributed by atoms with Crippen molar-refractivity contribution in [1.29, 1.82) is 0 Å². The predicted molar refractivity (Wildman–Crippen MR) is 117 cm³/mol. The Hall–Kier alpha value is -3.29. The third-order valence-electron chi connectivity index (χ3n) is 5.95. The Morgan fingerprint density at radius 2 is 2.03 bits per heavy atom. The van der Waals surface area contributed by atoms with E-state index in [1.807, 2.05) is 26.1 Å². The molecular formula is C24H25F3N4O. The van der Waals surface area contributed by atoms with E-state index in [1.54, 1.807) is 6.07 Å². The molecule has 1 aromatic carbocycles. The lowest BCUT2D eigenvalue weighted by atomic mass is 9.92. The second kappa shape index (κ2) is 8.68. The number of nitrogens with zero attached hydrogens (tertiary/aromatic N) is 3. The summed E-state index contributed by atoms with van der Waals surface area (Å²) in [6.07, 6.45) is 4.80. The topological polar surface area (TPSA) is 48.5 Å². The highest BCUT2D eigenvalue weighted by molar-refractivity contribution is 6.04. The summed E-state index contributed by atoms with van der Waals surface area (Å²) >= 11 is 0. The lowest BCUT2D eigenvalue weighted by Crippen LogP contribution is -2.23. The molecule has 2 aliphatic rings. The molecular weight excluding hydrogens is 417 g/mol. The van der Waals surface area contributed by atoms with E-state index in [1.165, 1.54) is 11.9 Å². The molecule has 1 fully saturated rings. The summed E-state index contributed by atoms with van der Waals surface area (Å²) in [5, 5.41) is 2.54. The monoisotopic (exact) mass is 442 g/mol. The molecule has 1 aromatic heterocycles. The smallest absolute Gasteiger partial charge is 0.377 e. The van der Waals surface area contributed by atoms with E-state index in [2.05, 4.69) is 38.5 Å². The number of aryl methyl sites for hydroxylation is 1. The summed E-state index contributed by atoms with van der Waals surface area (Å²) in [5.41, 5.74) is 2.94. The normalized spacial score (nSPS) is 18.7. The molecule has 5 nitrogen and oxygen atoms in total. The van der Waals surface area contributed by atoms with Crippen LogP contribution >= 0.6 is 0 Å². The van der Waals surface area contributed by atoms with Crippen LogP contribution in [-0.4, -0.2) is 47.4 Å². The van der Waals surface area contributed by atoms with E-state index >= 15 is 0 Å². The molecule has 0 spiro atoms. The largest absolute Gasteiger partial charge is 0.417 e. The molecule has 2 aliphatic heterocycles. The Balaban J connectivity index is 1.48. The van der Waals surface area contributed by atoms with Crippen molar-refractivity contribution in [3.63, 3.8) is 0 Å². The van der Waals surface area contributed by atoms with Crippen molar-refractivity contribution in [2.75, 3.05) is 32.0 Å². The van der Waals surface area contributed by atoms with Crippen molar-refractivity contribution in [2.45, 2.75) is 25.4 Å². The molecule has 0 aliphatic carbocycles. The second-order valence-electron chi connectivity index (χ2n) is 8.30. The van der Waals surface area contributed by atoms with Crippen molar-refractivity contribution >= 4 is 11.6 Å². The quantitative estimate of drug-likeness (QED) is 0.740. The molecule has 1 N–H and O–H groups in total. The number of carbonyl (C=O) groups is 1. The minimum Gasteiger partial charge on any atom is -0.377 e. The minimum absolute atomic E-state index is 0.0139. The van der Waals surface area contributed by atoms with E-state index in [0.717, 1.165) is 49.4 Å². The van der Waals surface area contributed by atoms with E-state index in [9.17, 15) is 18.0 Å². The molecule has 1 amide bonds. The standard InChI is InChI=1S/C24H25F3N4O/c1-16-3-4-17(23(32)29-20-12-19(13-28-14-20)24(25,26)27)11-22(16)18-5-10-31(15-18)21-6-8-30(2)9-7-21/h3-4,6-8,11-14,18H,5,9-10,15H2,1-2H3,(H,29,32)/t18-/m1/s1. The molecule has 32 heavy (non-hydrogen) atoms. The fourth-order valence-corrected chi connectivity index (χ4v) is 4.14. The van der Waals surface area contributed by atoms with E-state index in [-0.39, 0.29) is 11.6 Å². The molecule has 0 radical (unpaired) electrons. The maximum atomic E-state index is 12.9. The van der Waals surface area contributed by atoms with Crippen molar-refractivity contribution in [3.8, 4) is 0 Å². The van der Waals surface area contributed by atoms with Crippen LogP contribution in [0.3, 0.4) is 0 Å². The Morgan fingerprint density at radius 1 is 1.22 bits per heavy atom. The lowest BCUT2D eigenvalue weighted by Gasteiger charge is -2.25. The van der Waals surface area contributed by atoms with Gasteiger partial charge in [0.15, 0.2) is 0 Å². The number of anilines is 1.